The first-order chi connectivity index (χ1) is 10.2. The van der Waals surface area contributed by atoms with Crippen LogP contribution in [-0.2, 0) is 14.2 Å². The Morgan fingerprint density at radius 2 is 2.05 bits per heavy atom. The highest BCUT2D eigenvalue weighted by Crippen LogP contribution is 2.44. The van der Waals surface area contributed by atoms with E-state index in [1.807, 2.05) is 24.3 Å². The molecule has 1 aromatic rings. The van der Waals surface area contributed by atoms with Crippen LogP contribution in [0.15, 0.2) is 28.7 Å². The van der Waals surface area contributed by atoms with Crippen molar-refractivity contribution >= 4 is 15.9 Å². The van der Waals surface area contributed by atoms with Gasteiger partial charge < -0.3 is 18.9 Å². The van der Waals surface area contributed by atoms with Crippen LogP contribution in [0.25, 0.3) is 0 Å². The van der Waals surface area contributed by atoms with Crippen molar-refractivity contribution in [1.29, 1.82) is 0 Å². The highest BCUT2D eigenvalue weighted by atomic mass is 79.9. The number of rotatable bonds is 6. The predicted molar refractivity (Wildman–Crippen MR) is 82.7 cm³/mol. The Labute approximate surface area is 133 Å². The minimum atomic E-state index is -0.277. The third-order valence-electron chi connectivity index (χ3n) is 4.01. The molecule has 5 heteroatoms. The summed E-state index contributed by atoms with van der Waals surface area (Å²) in [5.74, 6) is 1.41. The van der Waals surface area contributed by atoms with Gasteiger partial charge in [-0.05, 0) is 43.0 Å². The summed E-state index contributed by atoms with van der Waals surface area (Å²) in [6, 6.07) is 7.81. The van der Waals surface area contributed by atoms with Gasteiger partial charge in [-0.3, -0.25) is 0 Å². The largest absolute Gasteiger partial charge is 0.491 e. The molecule has 0 bridgehead atoms. The van der Waals surface area contributed by atoms with Gasteiger partial charge in [0.25, 0.3) is 0 Å². The Hall–Kier alpha value is -0.620. The fourth-order valence-electron chi connectivity index (χ4n) is 2.83. The molecule has 0 unspecified atom stereocenters. The maximum atomic E-state index is 6.30. The Morgan fingerprint density at radius 1 is 1.29 bits per heavy atom. The molecule has 1 aliphatic carbocycles. The number of benzene rings is 1. The number of halogens is 1. The fraction of sp³-hybridized carbons (Fsp3) is 0.625. The first kappa shape index (κ1) is 15.3. The molecule has 0 spiro atoms. The normalized spacial score (nSPS) is 29.3. The zero-order valence-corrected chi connectivity index (χ0v) is 13.8. The second kappa shape index (κ2) is 6.65. The average Bonchev–Trinajstić information content (AvgIpc) is 3.32. The molecule has 2 fully saturated rings. The molecule has 0 N–H and O–H groups in total. The van der Waals surface area contributed by atoms with E-state index in [-0.39, 0.29) is 11.7 Å². The van der Waals surface area contributed by atoms with Crippen molar-refractivity contribution in [3.8, 4) is 5.75 Å². The molecule has 1 saturated carbocycles. The molecule has 1 saturated heterocycles. The lowest BCUT2D eigenvalue weighted by Crippen LogP contribution is -2.53. The Bertz CT molecular complexity index is 456. The molecule has 21 heavy (non-hydrogen) atoms. The third kappa shape index (κ3) is 3.77. The van der Waals surface area contributed by atoms with Crippen molar-refractivity contribution in [3.63, 3.8) is 0 Å². The molecule has 1 aliphatic heterocycles. The van der Waals surface area contributed by atoms with Gasteiger partial charge in [0.2, 0.25) is 0 Å². The number of ether oxygens (including phenoxy) is 4. The van der Waals surface area contributed by atoms with Crippen molar-refractivity contribution < 1.29 is 18.9 Å². The van der Waals surface area contributed by atoms with E-state index in [1.54, 1.807) is 7.11 Å². The van der Waals surface area contributed by atoms with Gasteiger partial charge in [0, 0.05) is 11.6 Å². The monoisotopic (exact) mass is 356 g/mol. The SMILES string of the molecule is COC[C@@]1(C2CC2)COC[C@@H](COc2ccc(Br)cc2)O1. The van der Waals surface area contributed by atoms with Crippen molar-refractivity contribution in [2.75, 3.05) is 33.5 Å². The summed E-state index contributed by atoms with van der Waals surface area (Å²) in [6.45, 7) is 2.29. The van der Waals surface area contributed by atoms with E-state index in [0.717, 1.165) is 10.2 Å². The predicted octanol–water partition coefficient (Wildman–Crippen LogP) is 3.04. The summed E-state index contributed by atoms with van der Waals surface area (Å²) >= 11 is 3.41. The Balaban J connectivity index is 1.56. The van der Waals surface area contributed by atoms with Crippen molar-refractivity contribution in [2.45, 2.75) is 24.5 Å². The van der Waals surface area contributed by atoms with E-state index in [0.29, 0.717) is 32.3 Å². The van der Waals surface area contributed by atoms with E-state index in [1.165, 1.54) is 12.8 Å². The molecule has 3 rings (SSSR count). The van der Waals surface area contributed by atoms with Crippen LogP contribution in [0.1, 0.15) is 12.8 Å². The zero-order valence-electron chi connectivity index (χ0n) is 12.2. The topological polar surface area (TPSA) is 36.9 Å². The number of hydrogen-bond donors (Lipinski definition) is 0. The van der Waals surface area contributed by atoms with Crippen LogP contribution in [0.3, 0.4) is 0 Å². The zero-order chi connectivity index (χ0) is 14.7. The van der Waals surface area contributed by atoms with E-state index < -0.39 is 0 Å². The van der Waals surface area contributed by atoms with Gasteiger partial charge in [-0.25, -0.2) is 0 Å². The van der Waals surface area contributed by atoms with Gasteiger partial charge >= 0.3 is 0 Å². The van der Waals surface area contributed by atoms with Gasteiger partial charge in [-0.2, -0.15) is 0 Å². The van der Waals surface area contributed by atoms with Crippen molar-refractivity contribution in [3.05, 3.63) is 28.7 Å². The van der Waals surface area contributed by atoms with Crippen LogP contribution < -0.4 is 4.74 Å². The van der Waals surface area contributed by atoms with Gasteiger partial charge in [0.15, 0.2) is 0 Å². The summed E-state index contributed by atoms with van der Waals surface area (Å²) in [7, 11) is 1.72. The van der Waals surface area contributed by atoms with Gasteiger partial charge in [0.05, 0.1) is 19.8 Å². The number of methoxy groups -OCH3 is 1. The minimum absolute atomic E-state index is 0.0434. The summed E-state index contributed by atoms with van der Waals surface area (Å²) in [6.07, 6.45) is 2.36. The first-order valence-electron chi connectivity index (χ1n) is 7.35. The standard InChI is InChI=1S/C16H21BrO4/c1-18-10-16(12-2-3-12)11-19-8-15(21-16)9-20-14-6-4-13(17)5-7-14/h4-7,12,15H,2-3,8-11H2,1H3/t15-,16-/m0/s1. The van der Waals surface area contributed by atoms with Gasteiger partial charge in [-0.1, -0.05) is 15.9 Å². The van der Waals surface area contributed by atoms with Gasteiger partial charge in [-0.15, -0.1) is 0 Å². The molecule has 1 heterocycles. The maximum absolute atomic E-state index is 6.30. The van der Waals surface area contributed by atoms with Crippen LogP contribution >= 0.6 is 15.9 Å². The van der Waals surface area contributed by atoms with E-state index in [4.69, 9.17) is 18.9 Å². The van der Waals surface area contributed by atoms with Crippen molar-refractivity contribution in [2.24, 2.45) is 5.92 Å². The average molecular weight is 357 g/mol. The van der Waals surface area contributed by atoms with Crippen molar-refractivity contribution in [1.82, 2.24) is 0 Å². The second-order valence-electron chi connectivity index (χ2n) is 5.79. The molecule has 2 atom stereocenters. The highest BCUT2D eigenvalue weighted by molar-refractivity contribution is 9.10. The molecule has 0 amide bonds. The molecular formula is C16H21BrO4. The summed E-state index contributed by atoms with van der Waals surface area (Å²) in [4.78, 5) is 0. The molecule has 0 aromatic heterocycles. The molecular weight excluding hydrogens is 336 g/mol. The third-order valence-corrected chi connectivity index (χ3v) is 4.54. The number of hydrogen-bond acceptors (Lipinski definition) is 4. The smallest absolute Gasteiger partial charge is 0.119 e. The van der Waals surface area contributed by atoms with Crippen LogP contribution in [0.4, 0.5) is 0 Å². The quantitative estimate of drug-likeness (QED) is 0.784. The second-order valence-corrected chi connectivity index (χ2v) is 6.71. The van der Waals surface area contributed by atoms with E-state index in [9.17, 15) is 0 Å². The molecule has 116 valence electrons. The lowest BCUT2D eigenvalue weighted by atomic mass is 9.98. The summed E-state index contributed by atoms with van der Waals surface area (Å²) in [5.41, 5.74) is -0.277. The molecule has 0 radical (unpaired) electrons. The first-order valence-corrected chi connectivity index (χ1v) is 8.14. The highest BCUT2D eigenvalue weighted by Gasteiger charge is 2.50. The van der Waals surface area contributed by atoms with Gasteiger partial charge in [0.1, 0.15) is 24.1 Å². The fourth-order valence-corrected chi connectivity index (χ4v) is 3.09. The van der Waals surface area contributed by atoms with Crippen LogP contribution in [0.5, 0.6) is 5.75 Å². The van der Waals surface area contributed by atoms with Crippen LogP contribution in [0, 0.1) is 5.92 Å². The lowest BCUT2D eigenvalue weighted by molar-refractivity contribution is -0.230. The lowest BCUT2D eigenvalue weighted by Gasteiger charge is -2.40. The Kier molecular flexibility index (Phi) is 4.84. The van der Waals surface area contributed by atoms with E-state index in [2.05, 4.69) is 15.9 Å². The summed E-state index contributed by atoms with van der Waals surface area (Å²) in [5, 5.41) is 0. The van der Waals surface area contributed by atoms with Crippen LogP contribution in [0.2, 0.25) is 0 Å². The minimum Gasteiger partial charge on any atom is -0.491 e. The van der Waals surface area contributed by atoms with E-state index >= 15 is 0 Å². The Morgan fingerprint density at radius 3 is 2.71 bits per heavy atom. The molecule has 2 aliphatic rings. The molecule has 4 nitrogen and oxygen atoms in total. The maximum Gasteiger partial charge on any atom is 0.119 e. The van der Waals surface area contributed by atoms with Crippen LogP contribution in [-0.4, -0.2) is 45.2 Å². The molecule has 1 aromatic carbocycles. The summed E-state index contributed by atoms with van der Waals surface area (Å²) < 4.78 is 24.3.